The van der Waals surface area contributed by atoms with Gasteiger partial charge in [0.05, 0.1) is 27.7 Å². The molecular weight excluding hydrogens is 358 g/mol. The topological polar surface area (TPSA) is 22.4 Å². The summed E-state index contributed by atoms with van der Waals surface area (Å²) >= 11 is 0. The second kappa shape index (κ2) is 16.8. The molecule has 3 heteroatoms. The lowest BCUT2D eigenvalue weighted by Gasteiger charge is -2.28. The molecule has 0 spiro atoms. The van der Waals surface area contributed by atoms with Gasteiger partial charge in [-0.3, -0.25) is 0 Å². The monoisotopic (exact) mass is 408 g/mol. The molecule has 1 rings (SSSR count). The minimum Gasteiger partial charge on any atom is -0.493 e. The van der Waals surface area contributed by atoms with E-state index in [0.29, 0.717) is 0 Å². The summed E-state index contributed by atoms with van der Waals surface area (Å²) in [5.74, 6) is 1.84. The van der Waals surface area contributed by atoms with Gasteiger partial charge in [-0.2, -0.15) is 0 Å². The first-order valence-electron chi connectivity index (χ1n) is 12.5. The van der Waals surface area contributed by atoms with Gasteiger partial charge in [-0.25, -0.2) is 0 Å². The SMILES string of the molecule is CCCCCCCCCCCCCCCCCC[N+](C)(C)Cc1cc(OC)co1. The summed E-state index contributed by atoms with van der Waals surface area (Å²) in [6, 6.07) is 2.01. The van der Waals surface area contributed by atoms with Gasteiger partial charge in [0.2, 0.25) is 0 Å². The predicted octanol–water partition coefficient (Wildman–Crippen LogP) is 8.13. The van der Waals surface area contributed by atoms with Gasteiger partial charge in [-0.1, -0.05) is 96.8 Å². The average molecular weight is 409 g/mol. The smallest absolute Gasteiger partial charge is 0.161 e. The van der Waals surface area contributed by atoms with E-state index in [9.17, 15) is 0 Å². The van der Waals surface area contributed by atoms with Crippen LogP contribution in [0.25, 0.3) is 0 Å². The fourth-order valence-electron chi connectivity index (χ4n) is 4.14. The summed E-state index contributed by atoms with van der Waals surface area (Å²) in [6.45, 7) is 4.44. The van der Waals surface area contributed by atoms with E-state index in [4.69, 9.17) is 9.15 Å². The third-order valence-electron chi connectivity index (χ3n) is 6.07. The Labute approximate surface area is 181 Å². The van der Waals surface area contributed by atoms with Gasteiger partial charge in [0, 0.05) is 6.07 Å². The molecule has 170 valence electrons. The first-order chi connectivity index (χ1) is 14.1. The van der Waals surface area contributed by atoms with E-state index < -0.39 is 0 Å². The van der Waals surface area contributed by atoms with E-state index in [-0.39, 0.29) is 0 Å². The molecule has 1 aromatic heterocycles. The Bertz CT molecular complexity index is 481. The molecule has 0 saturated carbocycles. The zero-order chi connectivity index (χ0) is 21.2. The van der Waals surface area contributed by atoms with Crippen LogP contribution >= 0.6 is 0 Å². The molecule has 0 unspecified atom stereocenters. The lowest BCUT2D eigenvalue weighted by molar-refractivity contribution is -0.904. The van der Waals surface area contributed by atoms with Crippen LogP contribution < -0.4 is 4.74 Å². The number of methoxy groups -OCH3 is 1. The van der Waals surface area contributed by atoms with Crippen molar-refractivity contribution in [3.63, 3.8) is 0 Å². The molecule has 0 saturated heterocycles. The molecular formula is C26H50NO2+. The maximum absolute atomic E-state index is 5.58. The van der Waals surface area contributed by atoms with E-state index in [2.05, 4.69) is 21.0 Å². The molecule has 0 atom stereocenters. The maximum Gasteiger partial charge on any atom is 0.161 e. The van der Waals surface area contributed by atoms with Crippen molar-refractivity contribution in [3.8, 4) is 5.75 Å². The van der Waals surface area contributed by atoms with Crippen molar-refractivity contribution >= 4 is 0 Å². The highest BCUT2D eigenvalue weighted by Crippen LogP contribution is 2.19. The Morgan fingerprint density at radius 3 is 1.59 bits per heavy atom. The molecule has 0 radical (unpaired) electrons. The predicted molar refractivity (Wildman–Crippen MR) is 125 cm³/mol. The van der Waals surface area contributed by atoms with Crippen LogP contribution in [-0.2, 0) is 6.54 Å². The van der Waals surface area contributed by atoms with Gasteiger partial charge in [0.1, 0.15) is 12.8 Å². The van der Waals surface area contributed by atoms with E-state index >= 15 is 0 Å². The Kier molecular flexibility index (Phi) is 15.1. The highest BCUT2D eigenvalue weighted by atomic mass is 16.5. The number of nitrogens with zero attached hydrogens (tertiary/aromatic N) is 1. The number of furan rings is 1. The Hall–Kier alpha value is -0.960. The van der Waals surface area contributed by atoms with E-state index in [0.717, 1.165) is 22.5 Å². The molecule has 0 amide bonds. The zero-order valence-electron chi connectivity index (χ0n) is 20.1. The van der Waals surface area contributed by atoms with Gasteiger partial charge in [0.25, 0.3) is 0 Å². The first kappa shape index (κ1) is 26.1. The van der Waals surface area contributed by atoms with Gasteiger partial charge in [-0.05, 0) is 12.8 Å². The fraction of sp³-hybridized carbons (Fsp3) is 0.846. The van der Waals surface area contributed by atoms with Crippen molar-refractivity contribution in [2.75, 3.05) is 27.7 Å². The normalized spacial score (nSPS) is 11.9. The molecule has 0 bridgehead atoms. The molecule has 0 aliphatic heterocycles. The van der Waals surface area contributed by atoms with Crippen LogP contribution in [-0.4, -0.2) is 32.2 Å². The molecule has 0 aromatic carbocycles. The van der Waals surface area contributed by atoms with E-state index in [1.807, 2.05) is 6.07 Å². The second-order valence-corrected chi connectivity index (χ2v) is 9.57. The third kappa shape index (κ3) is 14.6. The van der Waals surface area contributed by atoms with Crippen LogP contribution in [0, 0.1) is 0 Å². The number of quaternary nitrogens is 1. The fourth-order valence-corrected chi connectivity index (χ4v) is 4.14. The molecule has 29 heavy (non-hydrogen) atoms. The highest BCUT2D eigenvalue weighted by molar-refractivity contribution is 5.18. The first-order valence-corrected chi connectivity index (χ1v) is 12.5. The van der Waals surface area contributed by atoms with Crippen molar-refractivity contribution in [2.24, 2.45) is 0 Å². The van der Waals surface area contributed by atoms with Gasteiger partial charge >= 0.3 is 0 Å². The minimum absolute atomic E-state index is 0.822. The molecule has 0 fully saturated rings. The Morgan fingerprint density at radius 1 is 0.724 bits per heavy atom. The highest BCUT2D eigenvalue weighted by Gasteiger charge is 2.18. The van der Waals surface area contributed by atoms with Crippen molar-refractivity contribution < 1.29 is 13.6 Å². The van der Waals surface area contributed by atoms with Gasteiger partial charge in [-0.15, -0.1) is 0 Å². The molecule has 1 aromatic rings. The zero-order valence-corrected chi connectivity index (χ0v) is 20.1. The third-order valence-corrected chi connectivity index (χ3v) is 6.07. The van der Waals surface area contributed by atoms with Crippen LogP contribution in [0.5, 0.6) is 5.75 Å². The maximum atomic E-state index is 5.58. The quantitative estimate of drug-likeness (QED) is 0.160. The molecule has 3 nitrogen and oxygen atoms in total. The largest absolute Gasteiger partial charge is 0.493 e. The summed E-state index contributed by atoms with van der Waals surface area (Å²) in [6.07, 6.45) is 24.5. The Balaban J connectivity index is 1.85. The molecule has 0 N–H and O–H groups in total. The number of hydrogen-bond acceptors (Lipinski definition) is 2. The van der Waals surface area contributed by atoms with E-state index in [1.54, 1.807) is 13.4 Å². The molecule has 0 aliphatic rings. The van der Waals surface area contributed by atoms with E-state index in [1.165, 1.54) is 109 Å². The summed E-state index contributed by atoms with van der Waals surface area (Å²) in [4.78, 5) is 0. The van der Waals surface area contributed by atoms with Gasteiger partial charge in [0.15, 0.2) is 11.5 Å². The second-order valence-electron chi connectivity index (χ2n) is 9.57. The number of hydrogen-bond donors (Lipinski definition) is 0. The van der Waals surface area contributed by atoms with Crippen LogP contribution in [0.2, 0.25) is 0 Å². The van der Waals surface area contributed by atoms with Crippen LogP contribution in [0.4, 0.5) is 0 Å². The minimum atomic E-state index is 0.822. The van der Waals surface area contributed by atoms with Crippen LogP contribution in [0.3, 0.4) is 0 Å². The standard InChI is InChI=1S/C26H50NO2/c1-5-6-7-8-9-10-11-12-13-14-15-16-17-18-19-20-21-27(2,3)23-25-22-26(28-4)24-29-25/h22,24H,5-21,23H2,1-4H3/q+1. The van der Waals surface area contributed by atoms with Crippen LogP contribution in [0.1, 0.15) is 115 Å². The summed E-state index contributed by atoms with van der Waals surface area (Å²) in [5, 5.41) is 0. The molecule has 0 aliphatic carbocycles. The lowest BCUT2D eigenvalue weighted by atomic mass is 10.0. The lowest BCUT2D eigenvalue weighted by Crippen LogP contribution is -2.39. The summed E-state index contributed by atoms with van der Waals surface area (Å²) in [7, 11) is 6.27. The number of rotatable bonds is 20. The number of unbranched alkanes of at least 4 members (excludes halogenated alkanes) is 15. The van der Waals surface area contributed by atoms with Crippen molar-refractivity contribution in [1.29, 1.82) is 0 Å². The van der Waals surface area contributed by atoms with Crippen molar-refractivity contribution in [2.45, 2.75) is 116 Å². The average Bonchev–Trinajstić information content (AvgIpc) is 3.14. The molecule has 1 heterocycles. The summed E-state index contributed by atoms with van der Waals surface area (Å²) in [5.41, 5.74) is 0. The Morgan fingerprint density at radius 2 is 1.17 bits per heavy atom. The number of ether oxygens (including phenoxy) is 1. The summed E-state index contributed by atoms with van der Waals surface area (Å²) < 4.78 is 11.8. The van der Waals surface area contributed by atoms with Crippen LogP contribution in [0.15, 0.2) is 16.7 Å². The van der Waals surface area contributed by atoms with Crippen molar-refractivity contribution in [3.05, 3.63) is 18.1 Å². The van der Waals surface area contributed by atoms with Crippen molar-refractivity contribution in [1.82, 2.24) is 0 Å². The van der Waals surface area contributed by atoms with Gasteiger partial charge < -0.3 is 13.6 Å².